The maximum absolute atomic E-state index is 9.67. The lowest BCUT2D eigenvalue weighted by molar-refractivity contribution is 0.00819. The molecule has 1 rings (SSSR count). The van der Waals surface area contributed by atoms with Crippen LogP contribution in [-0.4, -0.2) is 22.0 Å². The molecule has 0 saturated heterocycles. The van der Waals surface area contributed by atoms with Gasteiger partial charge in [0.1, 0.15) is 0 Å². The first-order chi connectivity index (χ1) is 6.02. The van der Waals surface area contributed by atoms with Gasteiger partial charge in [-0.3, -0.25) is 0 Å². The molecule has 0 aliphatic carbocycles. The maximum Gasteiger partial charge on any atom is 0.379 e. The van der Waals surface area contributed by atoms with Gasteiger partial charge in [-0.1, -0.05) is 5.16 Å². The standard InChI is InChI=1S/C4H6N2O.CHF3.H3NO/c1-3-5-4(2)7-6-3;2-1(3)4;1-2/h1-2H3;1H;2H,1H2. The Morgan fingerprint density at radius 3 is 1.77 bits per heavy atom. The van der Waals surface area contributed by atoms with Crippen molar-refractivity contribution in [2.24, 2.45) is 5.90 Å². The molecule has 8 heteroatoms. The van der Waals surface area contributed by atoms with Crippen molar-refractivity contribution < 1.29 is 22.9 Å². The Morgan fingerprint density at radius 1 is 1.31 bits per heavy atom. The van der Waals surface area contributed by atoms with E-state index >= 15 is 0 Å². The van der Waals surface area contributed by atoms with Crippen LogP contribution in [0.4, 0.5) is 13.2 Å². The first-order valence-corrected chi connectivity index (χ1v) is 2.97. The van der Waals surface area contributed by atoms with E-state index in [1.165, 1.54) is 0 Å². The molecular weight excluding hydrogens is 191 g/mol. The number of nitrogens with zero attached hydrogens (tertiary/aromatic N) is 2. The minimum Gasteiger partial charge on any atom is -0.340 e. The molecule has 1 heterocycles. The second-order valence-electron chi connectivity index (χ2n) is 1.61. The highest BCUT2D eigenvalue weighted by molar-refractivity contribution is 4.77. The van der Waals surface area contributed by atoms with Crippen molar-refractivity contribution in [3.05, 3.63) is 11.7 Å². The van der Waals surface area contributed by atoms with Gasteiger partial charge in [0.15, 0.2) is 5.82 Å². The molecule has 0 spiro atoms. The molecule has 13 heavy (non-hydrogen) atoms. The lowest BCUT2D eigenvalue weighted by Crippen LogP contribution is -1.72. The highest BCUT2D eigenvalue weighted by Crippen LogP contribution is 1.89. The molecule has 0 radical (unpaired) electrons. The number of alkyl halides is 3. The number of aryl methyl sites for hydroxylation is 2. The zero-order chi connectivity index (χ0) is 10.9. The van der Waals surface area contributed by atoms with Crippen molar-refractivity contribution in [3.63, 3.8) is 0 Å². The highest BCUT2D eigenvalue weighted by atomic mass is 19.4. The van der Waals surface area contributed by atoms with E-state index in [-0.39, 0.29) is 0 Å². The SMILES string of the molecule is Cc1noc(C)n1.FC(F)F.NO. The average molecular weight is 201 g/mol. The Kier molecular flexibility index (Phi) is 9.89. The zero-order valence-electron chi connectivity index (χ0n) is 7.04. The first-order valence-electron chi connectivity index (χ1n) is 2.97. The van der Waals surface area contributed by atoms with E-state index in [0.717, 1.165) is 0 Å². The van der Waals surface area contributed by atoms with Crippen LogP contribution in [0.25, 0.3) is 0 Å². The van der Waals surface area contributed by atoms with Crippen LogP contribution in [0.1, 0.15) is 11.7 Å². The predicted molar refractivity (Wildman–Crippen MR) is 36.9 cm³/mol. The van der Waals surface area contributed by atoms with Gasteiger partial charge in [0.25, 0.3) is 0 Å². The number of rotatable bonds is 0. The zero-order valence-corrected chi connectivity index (χ0v) is 7.04. The van der Waals surface area contributed by atoms with Crippen LogP contribution in [0.3, 0.4) is 0 Å². The number of aromatic nitrogens is 2. The van der Waals surface area contributed by atoms with Crippen molar-refractivity contribution in [3.8, 4) is 0 Å². The molecule has 0 amide bonds. The lowest BCUT2D eigenvalue weighted by atomic mass is 10.7. The summed E-state index contributed by atoms with van der Waals surface area (Å²) in [6, 6.07) is 0. The highest BCUT2D eigenvalue weighted by Gasteiger charge is 1.89. The second-order valence-corrected chi connectivity index (χ2v) is 1.61. The summed E-state index contributed by atoms with van der Waals surface area (Å²) in [4.78, 5) is 3.83. The van der Waals surface area contributed by atoms with E-state index in [9.17, 15) is 13.2 Å². The molecule has 0 saturated carbocycles. The van der Waals surface area contributed by atoms with Crippen molar-refractivity contribution >= 4 is 0 Å². The summed E-state index contributed by atoms with van der Waals surface area (Å²) in [5.74, 6) is 4.81. The summed E-state index contributed by atoms with van der Waals surface area (Å²) < 4.78 is 33.6. The Bertz CT molecular complexity index is 187. The van der Waals surface area contributed by atoms with E-state index < -0.39 is 6.68 Å². The van der Waals surface area contributed by atoms with E-state index in [0.29, 0.717) is 11.7 Å². The maximum atomic E-state index is 9.67. The normalized spacial score (nSPS) is 8.31. The summed E-state index contributed by atoms with van der Waals surface area (Å²) in [5, 5.41) is 10.0. The largest absolute Gasteiger partial charge is 0.379 e. The fraction of sp³-hybridized carbons (Fsp3) is 0.600. The quantitative estimate of drug-likeness (QED) is 0.616. The lowest BCUT2D eigenvalue weighted by Gasteiger charge is -1.65. The van der Waals surface area contributed by atoms with E-state index in [1.807, 2.05) is 0 Å². The van der Waals surface area contributed by atoms with Crippen molar-refractivity contribution in [1.29, 1.82) is 0 Å². The van der Waals surface area contributed by atoms with Crippen LogP contribution in [0, 0.1) is 13.8 Å². The summed E-state index contributed by atoms with van der Waals surface area (Å²) in [6.07, 6.45) is 0. The van der Waals surface area contributed by atoms with E-state index in [1.54, 1.807) is 13.8 Å². The molecule has 3 N–H and O–H groups in total. The third kappa shape index (κ3) is 13.8. The number of hydrogen-bond acceptors (Lipinski definition) is 5. The summed E-state index contributed by atoms with van der Waals surface area (Å²) >= 11 is 0. The van der Waals surface area contributed by atoms with Gasteiger partial charge in [0.2, 0.25) is 5.89 Å². The molecule has 0 aromatic carbocycles. The summed E-state index contributed by atoms with van der Waals surface area (Å²) in [5.41, 5.74) is 0. The summed E-state index contributed by atoms with van der Waals surface area (Å²) in [6.45, 7) is -0.115. The molecule has 0 bridgehead atoms. The Morgan fingerprint density at radius 2 is 1.69 bits per heavy atom. The molecule has 0 aliphatic rings. The molecule has 0 fully saturated rings. The van der Waals surface area contributed by atoms with Crippen LogP contribution >= 0.6 is 0 Å². The minimum absolute atomic E-state index is 0.623. The molecule has 0 unspecified atom stereocenters. The number of halogens is 3. The molecule has 5 nitrogen and oxygen atoms in total. The van der Waals surface area contributed by atoms with Crippen LogP contribution in [0.15, 0.2) is 4.52 Å². The Hall–Kier alpha value is -1.15. The smallest absolute Gasteiger partial charge is 0.340 e. The molecule has 0 aliphatic heterocycles. The topological polar surface area (TPSA) is 85.2 Å². The van der Waals surface area contributed by atoms with Gasteiger partial charge >= 0.3 is 6.68 Å². The fourth-order valence-electron chi connectivity index (χ4n) is 0.401. The number of hydrogen-bond donors (Lipinski definition) is 2. The molecule has 1 aromatic heterocycles. The number of nitrogens with two attached hydrogens (primary N) is 1. The van der Waals surface area contributed by atoms with Crippen LogP contribution in [0.5, 0.6) is 0 Å². The second kappa shape index (κ2) is 8.94. The van der Waals surface area contributed by atoms with Crippen molar-refractivity contribution in [2.45, 2.75) is 20.5 Å². The van der Waals surface area contributed by atoms with Gasteiger partial charge in [-0.2, -0.15) is 18.2 Å². The third-order valence-electron chi connectivity index (χ3n) is 0.629. The fourth-order valence-corrected chi connectivity index (χ4v) is 0.401. The minimum atomic E-state index is -3.67. The Balaban J connectivity index is 0. The molecule has 78 valence electrons. The predicted octanol–water partition coefficient (Wildman–Crippen LogP) is 1.20. The van der Waals surface area contributed by atoms with Crippen molar-refractivity contribution in [1.82, 2.24) is 10.1 Å². The first kappa shape index (κ1) is 14.4. The third-order valence-corrected chi connectivity index (χ3v) is 0.629. The van der Waals surface area contributed by atoms with Crippen LogP contribution in [-0.2, 0) is 0 Å². The van der Waals surface area contributed by atoms with Crippen molar-refractivity contribution in [2.75, 3.05) is 0 Å². The van der Waals surface area contributed by atoms with E-state index in [4.69, 9.17) is 5.21 Å². The Labute approximate surface area is 72.3 Å². The van der Waals surface area contributed by atoms with Gasteiger partial charge in [-0.05, 0) is 6.92 Å². The summed E-state index contributed by atoms with van der Waals surface area (Å²) in [7, 11) is 0. The van der Waals surface area contributed by atoms with Crippen LogP contribution in [0.2, 0.25) is 0 Å². The van der Waals surface area contributed by atoms with E-state index in [2.05, 4.69) is 20.6 Å². The van der Waals surface area contributed by atoms with Gasteiger partial charge in [0.05, 0.1) is 0 Å². The van der Waals surface area contributed by atoms with Crippen LogP contribution < -0.4 is 5.90 Å². The molecule has 0 atom stereocenters. The molecular formula is C5H10F3N3O2. The monoisotopic (exact) mass is 201 g/mol. The van der Waals surface area contributed by atoms with Gasteiger partial charge in [-0.15, -0.1) is 0 Å². The van der Waals surface area contributed by atoms with Gasteiger partial charge in [0, 0.05) is 6.92 Å². The van der Waals surface area contributed by atoms with Gasteiger partial charge in [-0.25, -0.2) is 5.90 Å². The molecule has 1 aromatic rings. The average Bonchev–Trinajstić information content (AvgIpc) is 2.38. The van der Waals surface area contributed by atoms with Gasteiger partial charge < -0.3 is 9.73 Å².